The molecule has 146 valence electrons. The molecular weight excluding hydrogens is 354 g/mol. The number of ether oxygens (including phenoxy) is 1. The number of carbonyl (C=O) groups is 2. The van der Waals surface area contributed by atoms with Gasteiger partial charge in [0.05, 0.1) is 6.42 Å². The summed E-state index contributed by atoms with van der Waals surface area (Å²) < 4.78 is 5.62. The molecule has 2 aromatic carbocycles. The molecule has 3 aromatic rings. The summed E-state index contributed by atoms with van der Waals surface area (Å²) in [6.45, 7) is 5.96. The second-order valence-electron chi connectivity index (χ2n) is 7.10. The van der Waals surface area contributed by atoms with Crippen LogP contribution in [0.3, 0.4) is 0 Å². The summed E-state index contributed by atoms with van der Waals surface area (Å²) >= 11 is 0. The lowest BCUT2D eigenvalue weighted by atomic mass is 10.0. The number of benzene rings is 2. The Bertz CT molecular complexity index is 992. The quantitative estimate of drug-likeness (QED) is 0.574. The van der Waals surface area contributed by atoms with Crippen molar-refractivity contribution in [1.82, 2.24) is 15.8 Å². The maximum absolute atomic E-state index is 12.1. The van der Waals surface area contributed by atoms with Gasteiger partial charge in [-0.25, -0.2) is 0 Å². The van der Waals surface area contributed by atoms with Gasteiger partial charge in [-0.15, -0.1) is 0 Å². The summed E-state index contributed by atoms with van der Waals surface area (Å²) in [5, 5.41) is 0.993. The van der Waals surface area contributed by atoms with Crippen molar-refractivity contribution in [1.29, 1.82) is 0 Å². The summed E-state index contributed by atoms with van der Waals surface area (Å²) in [4.78, 5) is 27.3. The molecule has 0 saturated carbocycles. The van der Waals surface area contributed by atoms with Gasteiger partial charge >= 0.3 is 0 Å². The predicted octanol–water partition coefficient (Wildman–Crippen LogP) is 3.37. The molecule has 0 fully saturated rings. The monoisotopic (exact) mass is 379 g/mol. The van der Waals surface area contributed by atoms with Crippen LogP contribution in [0.2, 0.25) is 0 Å². The number of hydrazine groups is 1. The molecule has 0 unspecified atom stereocenters. The zero-order valence-electron chi connectivity index (χ0n) is 16.3. The molecule has 0 aliphatic rings. The van der Waals surface area contributed by atoms with Crippen LogP contribution >= 0.6 is 0 Å². The number of aromatic nitrogens is 1. The first kappa shape index (κ1) is 19.5. The second kappa shape index (κ2) is 8.61. The van der Waals surface area contributed by atoms with Crippen LogP contribution < -0.4 is 15.6 Å². The Morgan fingerprint density at radius 1 is 1.07 bits per heavy atom. The first-order valence-electron chi connectivity index (χ1n) is 9.30. The number of carbonyl (C=O) groups excluding carboxylic acids is 2. The van der Waals surface area contributed by atoms with Gasteiger partial charge in [-0.3, -0.25) is 20.4 Å². The molecule has 0 atom stereocenters. The van der Waals surface area contributed by atoms with Crippen molar-refractivity contribution < 1.29 is 14.3 Å². The summed E-state index contributed by atoms with van der Waals surface area (Å²) in [7, 11) is 0. The van der Waals surface area contributed by atoms with Crippen molar-refractivity contribution in [2.45, 2.75) is 33.1 Å². The fourth-order valence-corrected chi connectivity index (χ4v) is 2.95. The molecule has 0 saturated heterocycles. The van der Waals surface area contributed by atoms with Crippen LogP contribution in [0.15, 0.2) is 48.7 Å². The highest BCUT2D eigenvalue weighted by Crippen LogP contribution is 2.24. The lowest BCUT2D eigenvalue weighted by Gasteiger charge is -2.13. The zero-order valence-corrected chi connectivity index (χ0v) is 16.3. The van der Waals surface area contributed by atoms with Crippen molar-refractivity contribution in [3.63, 3.8) is 0 Å². The minimum Gasteiger partial charge on any atom is -0.483 e. The molecule has 0 radical (unpaired) electrons. The normalized spacial score (nSPS) is 10.9. The van der Waals surface area contributed by atoms with Gasteiger partial charge in [0.25, 0.3) is 5.91 Å². The first-order chi connectivity index (χ1) is 13.4. The number of amides is 2. The SMILES string of the molecule is Cc1ccc(C(C)C)cc1OCC(=O)NNC(=O)Cc1c[nH]c2ccccc12. The number of para-hydroxylation sites is 1. The third-order valence-electron chi connectivity index (χ3n) is 4.60. The van der Waals surface area contributed by atoms with E-state index in [9.17, 15) is 9.59 Å². The fourth-order valence-electron chi connectivity index (χ4n) is 2.95. The largest absolute Gasteiger partial charge is 0.483 e. The molecular formula is C22H25N3O3. The highest BCUT2D eigenvalue weighted by molar-refractivity contribution is 5.89. The molecule has 3 rings (SSSR count). The smallest absolute Gasteiger partial charge is 0.276 e. The van der Waals surface area contributed by atoms with E-state index in [0.29, 0.717) is 11.7 Å². The van der Waals surface area contributed by atoms with Crippen molar-refractivity contribution >= 4 is 22.7 Å². The summed E-state index contributed by atoms with van der Waals surface area (Å²) in [5.74, 6) is 0.338. The molecule has 0 aliphatic carbocycles. The second-order valence-corrected chi connectivity index (χ2v) is 7.10. The Hall–Kier alpha value is -3.28. The standard InChI is InChI=1S/C22H25N3O3/c1-14(2)16-9-8-15(3)20(10-16)28-13-22(27)25-24-21(26)11-17-12-23-19-7-5-4-6-18(17)19/h4-10,12,14,23H,11,13H2,1-3H3,(H,24,26)(H,25,27). The molecule has 1 heterocycles. The molecule has 3 N–H and O–H groups in total. The van der Waals surface area contributed by atoms with Gasteiger partial charge in [-0.2, -0.15) is 0 Å². The number of hydrogen-bond donors (Lipinski definition) is 3. The highest BCUT2D eigenvalue weighted by Gasteiger charge is 2.11. The van der Waals surface area contributed by atoms with Crippen LogP contribution in [0.4, 0.5) is 0 Å². The molecule has 0 bridgehead atoms. The zero-order chi connectivity index (χ0) is 20.1. The van der Waals surface area contributed by atoms with Crippen molar-refractivity contribution in [3.8, 4) is 5.75 Å². The van der Waals surface area contributed by atoms with Gasteiger partial charge in [-0.05, 0) is 41.7 Å². The summed E-state index contributed by atoms with van der Waals surface area (Å²) in [6, 6.07) is 13.7. The highest BCUT2D eigenvalue weighted by atomic mass is 16.5. The average Bonchev–Trinajstić information content (AvgIpc) is 3.08. The van der Waals surface area contributed by atoms with E-state index in [1.54, 1.807) is 6.20 Å². The molecule has 6 nitrogen and oxygen atoms in total. The fraction of sp³-hybridized carbons (Fsp3) is 0.273. The number of aromatic amines is 1. The van der Waals surface area contributed by atoms with Crippen LogP contribution in [0, 0.1) is 6.92 Å². The Labute approximate surface area is 164 Å². The number of aryl methyl sites for hydroxylation is 1. The summed E-state index contributed by atoms with van der Waals surface area (Å²) in [5.41, 5.74) is 8.78. The predicted molar refractivity (Wildman–Crippen MR) is 109 cm³/mol. The summed E-state index contributed by atoms with van der Waals surface area (Å²) in [6.07, 6.45) is 1.97. The van der Waals surface area contributed by atoms with E-state index < -0.39 is 5.91 Å². The van der Waals surface area contributed by atoms with Gasteiger partial charge in [0.2, 0.25) is 5.91 Å². The van der Waals surface area contributed by atoms with Crippen LogP contribution in [0.5, 0.6) is 5.75 Å². The van der Waals surface area contributed by atoms with Gasteiger partial charge in [0.15, 0.2) is 6.61 Å². The van der Waals surface area contributed by atoms with Crippen LogP contribution in [0.1, 0.15) is 36.5 Å². The van der Waals surface area contributed by atoms with Gasteiger partial charge in [0.1, 0.15) is 5.75 Å². The van der Waals surface area contributed by atoms with E-state index in [-0.39, 0.29) is 18.9 Å². The molecule has 0 spiro atoms. The minimum atomic E-state index is -0.415. The molecule has 28 heavy (non-hydrogen) atoms. The van der Waals surface area contributed by atoms with Crippen molar-refractivity contribution in [2.24, 2.45) is 0 Å². The Kier molecular flexibility index (Phi) is 5.99. The van der Waals surface area contributed by atoms with Crippen molar-refractivity contribution in [2.75, 3.05) is 6.61 Å². The van der Waals surface area contributed by atoms with E-state index in [2.05, 4.69) is 35.7 Å². The Morgan fingerprint density at radius 3 is 2.61 bits per heavy atom. The van der Waals surface area contributed by atoms with Gasteiger partial charge < -0.3 is 9.72 Å². The molecule has 0 aliphatic heterocycles. The maximum Gasteiger partial charge on any atom is 0.276 e. The number of nitrogens with one attached hydrogen (secondary N) is 3. The van der Waals surface area contributed by atoms with Gasteiger partial charge in [0, 0.05) is 17.1 Å². The van der Waals surface area contributed by atoms with Crippen LogP contribution in [-0.2, 0) is 16.0 Å². The average molecular weight is 379 g/mol. The third kappa shape index (κ3) is 4.71. The number of H-pyrrole nitrogens is 1. The van der Waals surface area contributed by atoms with Crippen LogP contribution in [-0.4, -0.2) is 23.4 Å². The lowest BCUT2D eigenvalue weighted by molar-refractivity contribution is -0.129. The van der Waals surface area contributed by atoms with Crippen LogP contribution in [0.25, 0.3) is 10.9 Å². The minimum absolute atomic E-state index is 0.167. The maximum atomic E-state index is 12.1. The lowest BCUT2D eigenvalue weighted by Crippen LogP contribution is -2.44. The van der Waals surface area contributed by atoms with E-state index >= 15 is 0 Å². The number of hydrogen-bond acceptors (Lipinski definition) is 3. The third-order valence-corrected chi connectivity index (χ3v) is 4.60. The topological polar surface area (TPSA) is 83.2 Å². The number of rotatable bonds is 6. The first-order valence-corrected chi connectivity index (χ1v) is 9.30. The molecule has 2 amide bonds. The van der Waals surface area contributed by atoms with Gasteiger partial charge in [-0.1, -0.05) is 44.2 Å². The Balaban J connectivity index is 1.49. The van der Waals surface area contributed by atoms with E-state index in [1.165, 1.54) is 0 Å². The molecule has 1 aromatic heterocycles. The van der Waals surface area contributed by atoms with E-state index in [4.69, 9.17) is 4.74 Å². The van der Waals surface area contributed by atoms with Crippen molar-refractivity contribution in [3.05, 3.63) is 65.4 Å². The van der Waals surface area contributed by atoms with E-state index in [1.807, 2.05) is 43.3 Å². The Morgan fingerprint density at radius 2 is 1.82 bits per heavy atom. The molecule has 6 heteroatoms. The van der Waals surface area contributed by atoms with E-state index in [0.717, 1.165) is 27.6 Å². The number of fused-ring (bicyclic) bond motifs is 1.